The van der Waals surface area contributed by atoms with Gasteiger partial charge in [-0.3, -0.25) is 0 Å². The maximum atomic E-state index is 4.04. The fraction of sp³-hybridized carbons (Fsp3) is 0.800. The molecule has 0 aromatic heterocycles. The molecule has 6 rings (SSSR count). The Balaban J connectivity index is 0.000000111. The molecule has 0 N–H and O–H groups in total. The van der Waals surface area contributed by atoms with Crippen LogP contribution < -0.4 is 0 Å². The van der Waals surface area contributed by atoms with Crippen LogP contribution in [0.15, 0.2) is 36.5 Å². The molecule has 6 aliphatic rings. The predicted molar refractivity (Wildman–Crippen MR) is 131 cm³/mol. The van der Waals surface area contributed by atoms with Gasteiger partial charge >= 0.3 is 0 Å². The summed E-state index contributed by atoms with van der Waals surface area (Å²) in [6.07, 6.45) is 25.3. The van der Waals surface area contributed by atoms with E-state index in [0.717, 1.165) is 52.8 Å². The lowest BCUT2D eigenvalue weighted by Crippen LogP contribution is -2.21. The van der Waals surface area contributed by atoms with Crippen LogP contribution in [0, 0.1) is 52.8 Å². The van der Waals surface area contributed by atoms with Crippen molar-refractivity contribution in [3.63, 3.8) is 0 Å². The lowest BCUT2D eigenvalue weighted by Gasteiger charge is -2.29. The minimum atomic E-state index is 0.791. The van der Waals surface area contributed by atoms with Gasteiger partial charge in [0.25, 0.3) is 0 Å². The third-order valence-electron chi connectivity index (χ3n) is 9.89. The van der Waals surface area contributed by atoms with E-state index in [4.69, 9.17) is 0 Å². The fourth-order valence-corrected chi connectivity index (χ4v) is 7.85. The molecule has 9 unspecified atom stereocenters. The molecule has 0 nitrogen and oxygen atoms in total. The highest BCUT2D eigenvalue weighted by Gasteiger charge is 2.66. The summed E-state index contributed by atoms with van der Waals surface area (Å²) in [6.45, 7) is 13.4. The Bertz CT molecular complexity index is 651. The van der Waals surface area contributed by atoms with Crippen molar-refractivity contribution >= 4 is 0 Å². The van der Waals surface area contributed by atoms with Crippen LogP contribution in [-0.4, -0.2) is 0 Å². The van der Waals surface area contributed by atoms with Crippen molar-refractivity contribution in [1.82, 2.24) is 0 Å². The zero-order chi connectivity index (χ0) is 21.3. The van der Waals surface area contributed by atoms with Crippen molar-refractivity contribution in [1.29, 1.82) is 0 Å². The van der Waals surface area contributed by atoms with E-state index in [1.54, 1.807) is 0 Å². The van der Waals surface area contributed by atoms with E-state index in [1.807, 2.05) is 0 Å². The highest BCUT2D eigenvalue weighted by atomic mass is 14.7. The first-order valence-corrected chi connectivity index (χ1v) is 13.4. The average Bonchev–Trinajstić information content (AvgIpc) is 2.98. The van der Waals surface area contributed by atoms with Crippen molar-refractivity contribution in [3.8, 4) is 0 Å². The molecular formula is C30H48. The van der Waals surface area contributed by atoms with Gasteiger partial charge in [0.15, 0.2) is 0 Å². The molecule has 0 heterocycles. The summed E-state index contributed by atoms with van der Waals surface area (Å²) in [5.41, 5.74) is 2.18. The minimum absolute atomic E-state index is 0.791. The van der Waals surface area contributed by atoms with E-state index in [9.17, 15) is 0 Å². The fourth-order valence-electron chi connectivity index (χ4n) is 7.85. The second kappa shape index (κ2) is 9.38. The summed E-state index contributed by atoms with van der Waals surface area (Å²) in [7, 11) is 0. The molecule has 6 aliphatic carbocycles. The number of hydrogen-bond donors (Lipinski definition) is 0. The maximum absolute atomic E-state index is 4.04. The largest absolute Gasteiger partial charge is 0.100 e. The summed E-state index contributed by atoms with van der Waals surface area (Å²) < 4.78 is 0. The van der Waals surface area contributed by atoms with Crippen LogP contribution in [0.5, 0.6) is 0 Å². The number of hydrogen-bond acceptors (Lipinski definition) is 0. The number of fused-ring (bicyclic) bond motifs is 2. The van der Waals surface area contributed by atoms with Crippen LogP contribution in [0.4, 0.5) is 0 Å². The molecule has 0 aromatic rings. The molecule has 0 radical (unpaired) electrons. The maximum Gasteiger partial charge on any atom is -0.00213 e. The second-order valence-corrected chi connectivity index (χ2v) is 12.2. The third kappa shape index (κ3) is 4.68. The summed E-state index contributed by atoms with van der Waals surface area (Å²) >= 11 is 0. The van der Waals surface area contributed by atoms with E-state index < -0.39 is 0 Å². The van der Waals surface area contributed by atoms with Crippen molar-refractivity contribution in [2.45, 2.75) is 98.3 Å². The van der Waals surface area contributed by atoms with Gasteiger partial charge in [-0.25, -0.2) is 0 Å². The Morgan fingerprint density at radius 2 is 1.73 bits per heavy atom. The summed E-state index contributed by atoms with van der Waals surface area (Å²) in [5.74, 6) is 8.19. The van der Waals surface area contributed by atoms with Crippen LogP contribution >= 0.6 is 0 Å². The topological polar surface area (TPSA) is 0 Å². The van der Waals surface area contributed by atoms with Crippen LogP contribution in [0.3, 0.4) is 0 Å². The SMILES string of the molecule is C=C(C)CC1C2CCC(C2)C1C.CC1CC/C=C\CCC1.CC1CC2CC23C=CC13. The molecule has 30 heavy (non-hydrogen) atoms. The monoisotopic (exact) mass is 408 g/mol. The van der Waals surface area contributed by atoms with Gasteiger partial charge in [-0.1, -0.05) is 57.1 Å². The van der Waals surface area contributed by atoms with Crippen LogP contribution in [0.2, 0.25) is 0 Å². The van der Waals surface area contributed by atoms with E-state index in [2.05, 4.69) is 58.6 Å². The summed E-state index contributed by atoms with van der Waals surface area (Å²) in [6, 6.07) is 0. The molecule has 4 saturated carbocycles. The van der Waals surface area contributed by atoms with Crippen LogP contribution in [-0.2, 0) is 0 Å². The van der Waals surface area contributed by atoms with E-state index in [0.29, 0.717) is 0 Å². The molecule has 2 bridgehead atoms. The Morgan fingerprint density at radius 3 is 2.30 bits per heavy atom. The zero-order valence-corrected chi connectivity index (χ0v) is 20.4. The summed E-state index contributed by atoms with van der Waals surface area (Å²) in [4.78, 5) is 0. The van der Waals surface area contributed by atoms with Gasteiger partial charge in [0.05, 0.1) is 0 Å². The average molecular weight is 409 g/mol. The Kier molecular flexibility index (Phi) is 7.01. The molecule has 4 fully saturated rings. The molecular weight excluding hydrogens is 360 g/mol. The van der Waals surface area contributed by atoms with E-state index in [1.165, 1.54) is 76.2 Å². The zero-order valence-electron chi connectivity index (χ0n) is 20.4. The van der Waals surface area contributed by atoms with Gasteiger partial charge in [-0.15, -0.1) is 6.58 Å². The van der Waals surface area contributed by atoms with Crippen molar-refractivity contribution in [2.75, 3.05) is 0 Å². The normalized spacial score (nSPS) is 47.9. The van der Waals surface area contributed by atoms with E-state index >= 15 is 0 Å². The quantitative estimate of drug-likeness (QED) is 0.400. The molecule has 168 valence electrons. The van der Waals surface area contributed by atoms with Crippen LogP contribution in [0.25, 0.3) is 0 Å². The molecule has 0 heteroatoms. The van der Waals surface area contributed by atoms with Crippen molar-refractivity contribution < 1.29 is 0 Å². The minimum Gasteiger partial charge on any atom is -0.100 e. The molecule has 0 amide bonds. The highest BCUT2D eigenvalue weighted by molar-refractivity contribution is 5.33. The Hall–Kier alpha value is -0.780. The standard InChI is InChI=1S/C12H20.C9H12.C9H16/c1-8(2)6-12-9(3)10-4-5-11(12)7-10;1-6-4-7-5-9(7)3-2-8(6)9;1-9-7-5-3-2-4-6-8-9/h9-12H,1,4-7H2,2-3H3;2-3,6-8H,4-5H2,1H3;2-3,9H,4-8H2,1H3/b;;3-2-. The van der Waals surface area contributed by atoms with Crippen molar-refractivity contribution in [3.05, 3.63) is 36.5 Å². The molecule has 0 aromatic carbocycles. The number of allylic oxidation sites excluding steroid dienone is 5. The molecule has 0 saturated heterocycles. The van der Waals surface area contributed by atoms with Gasteiger partial charge in [0, 0.05) is 0 Å². The molecule has 1 spiro atoms. The molecule has 0 aliphatic heterocycles. The third-order valence-corrected chi connectivity index (χ3v) is 9.89. The van der Waals surface area contributed by atoms with Gasteiger partial charge in [0.2, 0.25) is 0 Å². The molecule has 9 atom stereocenters. The first-order chi connectivity index (χ1) is 14.4. The summed E-state index contributed by atoms with van der Waals surface area (Å²) in [5, 5.41) is 0. The van der Waals surface area contributed by atoms with Crippen LogP contribution in [0.1, 0.15) is 98.3 Å². The smallest absolute Gasteiger partial charge is 0.00213 e. The Morgan fingerprint density at radius 1 is 0.967 bits per heavy atom. The van der Waals surface area contributed by atoms with Gasteiger partial charge < -0.3 is 0 Å². The first-order valence-electron chi connectivity index (χ1n) is 13.4. The first kappa shape index (κ1) is 22.4. The van der Waals surface area contributed by atoms with Crippen molar-refractivity contribution in [2.24, 2.45) is 52.8 Å². The number of rotatable bonds is 2. The van der Waals surface area contributed by atoms with E-state index in [-0.39, 0.29) is 0 Å². The van der Waals surface area contributed by atoms with Gasteiger partial charge in [-0.2, -0.15) is 0 Å². The lowest BCUT2D eigenvalue weighted by molar-refractivity contribution is 0.238. The second-order valence-electron chi connectivity index (χ2n) is 12.2. The lowest BCUT2D eigenvalue weighted by atomic mass is 9.76. The highest BCUT2D eigenvalue weighted by Crippen LogP contribution is 2.73. The van der Waals surface area contributed by atoms with Gasteiger partial charge in [0.1, 0.15) is 0 Å². The predicted octanol–water partition coefficient (Wildman–Crippen LogP) is 9.00. The Labute approximate surface area is 187 Å². The van der Waals surface area contributed by atoms with Gasteiger partial charge in [-0.05, 0) is 124 Å².